The number of halogens is 3. The first-order valence-corrected chi connectivity index (χ1v) is 13.2. The molecular weight excluding hydrogens is 495 g/mol. The lowest BCUT2D eigenvalue weighted by Gasteiger charge is -2.37. The Hall–Kier alpha value is -1.76. The van der Waals surface area contributed by atoms with Gasteiger partial charge >= 0.3 is 6.18 Å². The molecule has 1 aromatic carbocycles. The Morgan fingerprint density at radius 2 is 1.91 bits per heavy atom. The van der Waals surface area contributed by atoms with E-state index in [-0.39, 0.29) is 27.6 Å². The molecule has 33 heavy (non-hydrogen) atoms. The Morgan fingerprint density at radius 3 is 2.42 bits per heavy atom. The molecule has 6 nitrogen and oxygen atoms in total. The summed E-state index contributed by atoms with van der Waals surface area (Å²) in [6.45, 7) is 7.51. The van der Waals surface area contributed by atoms with E-state index >= 15 is 0 Å². The summed E-state index contributed by atoms with van der Waals surface area (Å²) in [4.78, 5) is 6.07. The molecule has 0 amide bonds. The van der Waals surface area contributed by atoms with Gasteiger partial charge in [0.2, 0.25) is 10.0 Å². The van der Waals surface area contributed by atoms with Gasteiger partial charge in [0, 0.05) is 36.6 Å². The minimum absolute atomic E-state index is 0.0135. The highest BCUT2D eigenvalue weighted by Crippen LogP contribution is 2.33. The van der Waals surface area contributed by atoms with Crippen LogP contribution < -0.4 is 9.54 Å². The number of benzene rings is 1. The predicted molar refractivity (Wildman–Crippen MR) is 126 cm³/mol. The van der Waals surface area contributed by atoms with Gasteiger partial charge in [0.25, 0.3) is 0 Å². The van der Waals surface area contributed by atoms with E-state index in [1.807, 2.05) is 10.8 Å². The number of thiazole rings is 1. The minimum Gasteiger partial charge on any atom is -0.496 e. The van der Waals surface area contributed by atoms with Crippen molar-refractivity contribution in [3.05, 3.63) is 45.2 Å². The summed E-state index contributed by atoms with van der Waals surface area (Å²) in [5.41, 5.74) is -0.916. The topological polar surface area (TPSA) is 63.9 Å². The second kappa shape index (κ2) is 9.12. The van der Waals surface area contributed by atoms with Crippen molar-refractivity contribution in [2.45, 2.75) is 38.9 Å². The fourth-order valence-corrected chi connectivity index (χ4v) is 5.66. The van der Waals surface area contributed by atoms with E-state index in [9.17, 15) is 21.6 Å². The summed E-state index contributed by atoms with van der Waals surface area (Å²) in [6, 6.07) is 3.12. The molecule has 0 radical (unpaired) electrons. The molecule has 0 unspecified atom stereocenters. The maximum absolute atomic E-state index is 13.2. The van der Waals surface area contributed by atoms with Gasteiger partial charge in [0.1, 0.15) is 10.7 Å². The number of alkyl halides is 3. The number of rotatable bonds is 5. The summed E-state index contributed by atoms with van der Waals surface area (Å²) >= 11 is 6.83. The maximum atomic E-state index is 13.2. The van der Waals surface area contributed by atoms with Crippen LogP contribution in [-0.2, 0) is 28.2 Å². The third-order valence-electron chi connectivity index (χ3n) is 5.26. The molecule has 1 aliphatic heterocycles. The van der Waals surface area contributed by atoms with E-state index in [0.717, 1.165) is 17.0 Å². The van der Waals surface area contributed by atoms with E-state index in [4.69, 9.17) is 17.0 Å². The Bertz CT molecular complexity index is 1220. The first-order valence-electron chi connectivity index (χ1n) is 10.1. The Balaban J connectivity index is 1.99. The van der Waals surface area contributed by atoms with Crippen LogP contribution in [0.1, 0.15) is 36.8 Å². The molecular formula is C21H26F3N3O3S3. The monoisotopic (exact) mass is 521 g/mol. The number of hydrogen-bond acceptors (Lipinski definition) is 5. The second-order valence-electron chi connectivity index (χ2n) is 9.06. The van der Waals surface area contributed by atoms with Gasteiger partial charge in [-0.1, -0.05) is 33.0 Å². The van der Waals surface area contributed by atoms with Gasteiger partial charge in [-0.2, -0.15) is 13.2 Å². The van der Waals surface area contributed by atoms with Crippen LogP contribution in [0.25, 0.3) is 0 Å². The highest BCUT2D eigenvalue weighted by molar-refractivity contribution is 7.88. The zero-order valence-electron chi connectivity index (χ0n) is 18.9. The van der Waals surface area contributed by atoms with Gasteiger partial charge in [-0.25, -0.2) is 17.7 Å². The van der Waals surface area contributed by atoms with Crippen molar-refractivity contribution in [1.29, 1.82) is 0 Å². The van der Waals surface area contributed by atoms with Crippen LogP contribution in [0.3, 0.4) is 0 Å². The predicted octanol–water partition coefficient (Wildman–Crippen LogP) is 4.04. The lowest BCUT2D eigenvalue weighted by atomic mass is 9.95. The average Bonchev–Trinajstić information content (AvgIpc) is 3.04. The van der Waals surface area contributed by atoms with Crippen molar-refractivity contribution in [2.75, 3.05) is 26.5 Å². The fraction of sp³-hybridized carbons (Fsp3) is 0.524. The van der Waals surface area contributed by atoms with Crippen LogP contribution in [0.4, 0.5) is 13.2 Å². The summed E-state index contributed by atoms with van der Waals surface area (Å²) in [5, 5.41) is 0. The van der Waals surface area contributed by atoms with Gasteiger partial charge in [-0.3, -0.25) is 0 Å². The third-order valence-corrected chi connectivity index (χ3v) is 8.25. The van der Waals surface area contributed by atoms with Crippen molar-refractivity contribution in [3.8, 4) is 5.75 Å². The molecule has 0 spiro atoms. The molecule has 0 bridgehead atoms. The van der Waals surface area contributed by atoms with E-state index in [1.54, 1.807) is 0 Å². The number of nitrogens with zero attached hydrogens (tertiary/aromatic N) is 3. The van der Waals surface area contributed by atoms with Crippen LogP contribution in [0.15, 0.2) is 29.4 Å². The van der Waals surface area contributed by atoms with E-state index in [1.165, 1.54) is 35.1 Å². The second-order valence-corrected chi connectivity index (χ2v) is 12.4. The molecule has 1 fully saturated rings. The highest BCUT2D eigenvalue weighted by atomic mass is 32.2. The highest BCUT2D eigenvalue weighted by Gasteiger charge is 2.34. The van der Waals surface area contributed by atoms with Gasteiger partial charge in [0.15, 0.2) is 4.80 Å². The number of sulfonamides is 1. The third kappa shape index (κ3) is 6.03. The molecule has 12 heteroatoms. The van der Waals surface area contributed by atoms with Crippen molar-refractivity contribution in [1.82, 2.24) is 8.87 Å². The Kier molecular flexibility index (Phi) is 7.15. The standard InChI is InChI=1S/C21H26F3N3O3S3/c1-20(2,3)17-12-26(9-13-10-27(11-13)33(5,28)29)19(32-17)25-18(31)15-8-14(21(22,23)24)6-7-16(15)30-4/h6-8,12-13H,9-11H2,1-5H3. The SMILES string of the molecule is COc1ccc(C(F)(F)F)cc1C(=S)N=c1sc(C(C)(C)C)cn1CC1CN(S(C)(=O)=O)C1. The number of hydrogen-bond donors (Lipinski definition) is 0. The van der Waals surface area contributed by atoms with Crippen molar-refractivity contribution < 1.29 is 26.3 Å². The molecule has 0 aliphatic carbocycles. The number of aromatic nitrogens is 1. The lowest BCUT2D eigenvalue weighted by molar-refractivity contribution is -0.137. The van der Waals surface area contributed by atoms with Gasteiger partial charge in [-0.15, -0.1) is 11.3 Å². The Morgan fingerprint density at radius 1 is 1.27 bits per heavy atom. The summed E-state index contributed by atoms with van der Waals surface area (Å²) in [5.74, 6) is 0.316. The van der Waals surface area contributed by atoms with Crippen LogP contribution in [0, 0.1) is 5.92 Å². The van der Waals surface area contributed by atoms with Crippen LogP contribution in [0.5, 0.6) is 5.75 Å². The lowest BCUT2D eigenvalue weighted by Crippen LogP contribution is -2.51. The van der Waals surface area contributed by atoms with E-state index < -0.39 is 21.8 Å². The fourth-order valence-electron chi connectivity index (χ4n) is 3.33. The summed E-state index contributed by atoms with van der Waals surface area (Å²) in [7, 11) is -1.86. The zero-order valence-corrected chi connectivity index (χ0v) is 21.4. The van der Waals surface area contributed by atoms with Gasteiger partial charge in [-0.05, 0) is 23.6 Å². The maximum Gasteiger partial charge on any atom is 0.416 e. The van der Waals surface area contributed by atoms with E-state index in [0.29, 0.717) is 24.4 Å². The van der Waals surface area contributed by atoms with Crippen LogP contribution in [0.2, 0.25) is 0 Å². The molecule has 2 aromatic rings. The average molecular weight is 522 g/mol. The first kappa shape index (κ1) is 25.9. The largest absolute Gasteiger partial charge is 0.496 e. The molecule has 182 valence electrons. The molecule has 1 saturated heterocycles. The quantitative estimate of drug-likeness (QED) is 0.557. The number of thiocarbonyl (C=S) groups is 1. The number of ether oxygens (including phenoxy) is 1. The van der Waals surface area contributed by atoms with Gasteiger partial charge in [0.05, 0.1) is 24.5 Å². The van der Waals surface area contributed by atoms with Crippen LogP contribution >= 0.6 is 23.6 Å². The minimum atomic E-state index is -4.52. The molecule has 1 aliphatic rings. The van der Waals surface area contributed by atoms with Crippen molar-refractivity contribution >= 4 is 38.6 Å². The number of methoxy groups -OCH3 is 1. The Labute approximate surface area is 200 Å². The zero-order chi connectivity index (χ0) is 24.8. The summed E-state index contributed by atoms with van der Waals surface area (Å²) < 4.78 is 71.6. The van der Waals surface area contributed by atoms with Crippen molar-refractivity contribution in [2.24, 2.45) is 10.9 Å². The van der Waals surface area contributed by atoms with Gasteiger partial charge < -0.3 is 9.30 Å². The normalized spacial score (nSPS) is 16.7. The van der Waals surface area contributed by atoms with Crippen molar-refractivity contribution in [3.63, 3.8) is 0 Å². The molecule has 0 saturated carbocycles. The molecule has 0 atom stereocenters. The molecule has 3 rings (SSSR count). The van der Waals surface area contributed by atoms with Crippen LogP contribution in [-0.4, -0.2) is 48.7 Å². The molecule has 2 heterocycles. The smallest absolute Gasteiger partial charge is 0.416 e. The summed E-state index contributed by atoms with van der Waals surface area (Å²) in [6.07, 6.45) is -1.38. The van der Waals surface area contributed by atoms with E-state index in [2.05, 4.69) is 25.8 Å². The first-order chi connectivity index (χ1) is 15.1. The molecule has 1 aromatic heterocycles. The molecule has 0 N–H and O–H groups in total.